The van der Waals surface area contributed by atoms with E-state index in [0.717, 1.165) is 19.5 Å². The zero-order valence-electron chi connectivity index (χ0n) is 10.6. The highest BCUT2D eigenvalue weighted by atomic mass is 19.1. The molecule has 2 nitrogen and oxygen atoms in total. The fourth-order valence-electron chi connectivity index (χ4n) is 2.50. The second kappa shape index (κ2) is 5.61. The number of rotatable bonds is 4. The highest BCUT2D eigenvalue weighted by Crippen LogP contribution is 2.19. The van der Waals surface area contributed by atoms with Gasteiger partial charge in [-0.05, 0) is 44.1 Å². The molecule has 1 heterocycles. The number of halogens is 1. The van der Waals surface area contributed by atoms with Crippen LogP contribution in [0.4, 0.5) is 4.39 Å². The Morgan fingerprint density at radius 2 is 2.12 bits per heavy atom. The minimum atomic E-state index is -0.163. The van der Waals surface area contributed by atoms with E-state index in [2.05, 4.69) is 24.2 Å². The topological polar surface area (TPSA) is 15.3 Å². The lowest BCUT2D eigenvalue weighted by Crippen LogP contribution is -2.34. The summed E-state index contributed by atoms with van der Waals surface area (Å²) in [4.78, 5) is 2.34. The van der Waals surface area contributed by atoms with Crippen LogP contribution in [0.2, 0.25) is 0 Å². The molecule has 2 unspecified atom stereocenters. The van der Waals surface area contributed by atoms with Crippen LogP contribution in [0, 0.1) is 5.82 Å². The van der Waals surface area contributed by atoms with Crippen molar-refractivity contribution in [2.75, 3.05) is 20.1 Å². The van der Waals surface area contributed by atoms with Gasteiger partial charge in [0, 0.05) is 18.6 Å². The SMILES string of the molecule is CCC(NC1CCN(C)C1)c1ccc(F)cc1. The van der Waals surface area contributed by atoms with Gasteiger partial charge in [0.1, 0.15) is 5.82 Å². The van der Waals surface area contributed by atoms with Crippen molar-refractivity contribution in [3.8, 4) is 0 Å². The van der Waals surface area contributed by atoms with E-state index in [1.807, 2.05) is 12.1 Å². The van der Waals surface area contributed by atoms with E-state index in [0.29, 0.717) is 12.1 Å². The molecule has 0 bridgehead atoms. The van der Waals surface area contributed by atoms with Crippen LogP contribution >= 0.6 is 0 Å². The Labute approximate surface area is 103 Å². The maximum atomic E-state index is 12.9. The van der Waals surface area contributed by atoms with E-state index in [1.165, 1.54) is 12.0 Å². The molecular formula is C14H21FN2. The molecule has 0 radical (unpaired) electrons. The van der Waals surface area contributed by atoms with E-state index in [4.69, 9.17) is 0 Å². The highest BCUT2D eigenvalue weighted by molar-refractivity contribution is 5.20. The number of benzene rings is 1. The first-order chi connectivity index (χ1) is 8.19. The summed E-state index contributed by atoms with van der Waals surface area (Å²) < 4.78 is 12.9. The van der Waals surface area contributed by atoms with Gasteiger partial charge >= 0.3 is 0 Å². The summed E-state index contributed by atoms with van der Waals surface area (Å²) in [5, 5.41) is 3.67. The quantitative estimate of drug-likeness (QED) is 0.864. The van der Waals surface area contributed by atoms with Crippen LogP contribution in [0.3, 0.4) is 0 Å². The molecular weight excluding hydrogens is 215 g/mol. The second-order valence-electron chi connectivity index (χ2n) is 4.93. The summed E-state index contributed by atoms with van der Waals surface area (Å²) in [7, 11) is 2.15. The lowest BCUT2D eigenvalue weighted by molar-refractivity contribution is 0.379. The van der Waals surface area contributed by atoms with E-state index >= 15 is 0 Å². The van der Waals surface area contributed by atoms with Crippen LogP contribution in [-0.4, -0.2) is 31.1 Å². The minimum absolute atomic E-state index is 0.163. The third-order valence-electron chi connectivity index (χ3n) is 3.51. The maximum absolute atomic E-state index is 12.9. The average Bonchev–Trinajstić information content (AvgIpc) is 2.73. The van der Waals surface area contributed by atoms with Crippen molar-refractivity contribution in [2.24, 2.45) is 0 Å². The molecule has 17 heavy (non-hydrogen) atoms. The zero-order chi connectivity index (χ0) is 12.3. The predicted octanol–water partition coefficient (Wildman–Crippen LogP) is 2.57. The molecule has 3 heteroatoms. The Kier molecular flexibility index (Phi) is 4.13. The largest absolute Gasteiger partial charge is 0.306 e. The van der Waals surface area contributed by atoms with Crippen molar-refractivity contribution in [1.82, 2.24) is 10.2 Å². The molecule has 1 aliphatic heterocycles. The molecule has 2 rings (SSSR count). The maximum Gasteiger partial charge on any atom is 0.123 e. The summed E-state index contributed by atoms with van der Waals surface area (Å²) in [5.41, 5.74) is 1.18. The molecule has 1 aliphatic rings. The molecule has 1 N–H and O–H groups in total. The lowest BCUT2D eigenvalue weighted by atomic mass is 10.0. The van der Waals surface area contributed by atoms with Crippen molar-refractivity contribution in [2.45, 2.75) is 31.8 Å². The third kappa shape index (κ3) is 3.27. The van der Waals surface area contributed by atoms with Gasteiger partial charge in [0.2, 0.25) is 0 Å². The van der Waals surface area contributed by atoms with Crippen molar-refractivity contribution in [3.05, 3.63) is 35.6 Å². The van der Waals surface area contributed by atoms with Crippen molar-refractivity contribution in [1.29, 1.82) is 0 Å². The molecule has 0 saturated carbocycles. The van der Waals surface area contributed by atoms with Crippen LogP contribution in [-0.2, 0) is 0 Å². The van der Waals surface area contributed by atoms with Gasteiger partial charge in [-0.15, -0.1) is 0 Å². The summed E-state index contributed by atoms with van der Waals surface area (Å²) in [5.74, 6) is -0.163. The van der Waals surface area contributed by atoms with Gasteiger partial charge in [0.05, 0.1) is 0 Å². The van der Waals surface area contributed by atoms with Gasteiger partial charge < -0.3 is 10.2 Å². The van der Waals surface area contributed by atoms with Crippen LogP contribution in [0.1, 0.15) is 31.4 Å². The molecule has 0 aromatic heterocycles. The monoisotopic (exact) mass is 236 g/mol. The molecule has 1 fully saturated rings. The minimum Gasteiger partial charge on any atom is -0.306 e. The summed E-state index contributed by atoms with van der Waals surface area (Å²) in [6, 6.07) is 7.76. The Morgan fingerprint density at radius 3 is 2.65 bits per heavy atom. The molecule has 1 aromatic rings. The van der Waals surface area contributed by atoms with E-state index in [-0.39, 0.29) is 5.82 Å². The molecule has 0 amide bonds. The van der Waals surface area contributed by atoms with Crippen LogP contribution in [0.25, 0.3) is 0 Å². The van der Waals surface area contributed by atoms with Gasteiger partial charge in [-0.2, -0.15) is 0 Å². The van der Waals surface area contributed by atoms with Crippen molar-refractivity contribution in [3.63, 3.8) is 0 Å². The zero-order valence-corrected chi connectivity index (χ0v) is 10.6. The Morgan fingerprint density at radius 1 is 1.41 bits per heavy atom. The Balaban J connectivity index is 1.98. The Hall–Kier alpha value is -0.930. The van der Waals surface area contributed by atoms with Gasteiger partial charge in [-0.3, -0.25) is 0 Å². The smallest absolute Gasteiger partial charge is 0.123 e. The van der Waals surface area contributed by atoms with Gasteiger partial charge in [0.15, 0.2) is 0 Å². The number of hydrogen-bond acceptors (Lipinski definition) is 2. The fourth-order valence-corrected chi connectivity index (χ4v) is 2.50. The standard InChI is InChI=1S/C14H21FN2/c1-3-14(11-4-6-12(15)7-5-11)16-13-8-9-17(2)10-13/h4-7,13-14,16H,3,8-10H2,1-2H3. The van der Waals surface area contributed by atoms with Crippen LogP contribution in [0.15, 0.2) is 24.3 Å². The van der Waals surface area contributed by atoms with Gasteiger partial charge in [0.25, 0.3) is 0 Å². The molecule has 94 valence electrons. The fraction of sp³-hybridized carbons (Fsp3) is 0.571. The number of likely N-dealkylation sites (N-methyl/N-ethyl adjacent to an activating group) is 1. The van der Waals surface area contributed by atoms with Gasteiger partial charge in [-0.1, -0.05) is 19.1 Å². The van der Waals surface area contributed by atoms with Crippen molar-refractivity contribution >= 4 is 0 Å². The average molecular weight is 236 g/mol. The normalized spacial score (nSPS) is 22.9. The summed E-state index contributed by atoms with van der Waals surface area (Å²) in [6.45, 7) is 4.44. The van der Waals surface area contributed by atoms with Crippen molar-refractivity contribution < 1.29 is 4.39 Å². The molecule has 1 aromatic carbocycles. The summed E-state index contributed by atoms with van der Waals surface area (Å²) in [6.07, 6.45) is 2.24. The first-order valence-corrected chi connectivity index (χ1v) is 6.39. The second-order valence-corrected chi connectivity index (χ2v) is 4.93. The number of nitrogens with one attached hydrogen (secondary N) is 1. The van der Waals surface area contributed by atoms with E-state index in [9.17, 15) is 4.39 Å². The first-order valence-electron chi connectivity index (χ1n) is 6.39. The summed E-state index contributed by atoms with van der Waals surface area (Å²) >= 11 is 0. The third-order valence-corrected chi connectivity index (χ3v) is 3.51. The predicted molar refractivity (Wildman–Crippen MR) is 68.5 cm³/mol. The molecule has 2 atom stereocenters. The molecule has 0 aliphatic carbocycles. The number of hydrogen-bond donors (Lipinski definition) is 1. The van der Waals surface area contributed by atoms with Crippen LogP contribution < -0.4 is 5.32 Å². The number of nitrogens with zero attached hydrogens (tertiary/aromatic N) is 1. The van der Waals surface area contributed by atoms with E-state index in [1.54, 1.807) is 12.1 Å². The molecule has 1 saturated heterocycles. The van der Waals surface area contributed by atoms with Gasteiger partial charge in [-0.25, -0.2) is 4.39 Å². The highest BCUT2D eigenvalue weighted by Gasteiger charge is 2.22. The Bertz CT molecular complexity index is 350. The number of likely N-dealkylation sites (tertiary alicyclic amines) is 1. The lowest BCUT2D eigenvalue weighted by Gasteiger charge is -2.22. The van der Waals surface area contributed by atoms with Crippen LogP contribution in [0.5, 0.6) is 0 Å². The van der Waals surface area contributed by atoms with E-state index < -0.39 is 0 Å². The first kappa shape index (κ1) is 12.5. The molecule has 0 spiro atoms.